The van der Waals surface area contributed by atoms with E-state index in [-0.39, 0.29) is 0 Å². The second-order valence-electron chi connectivity index (χ2n) is 5.83. The molecule has 3 rings (SSSR count). The Morgan fingerprint density at radius 3 is 2.79 bits per heavy atom. The van der Waals surface area contributed by atoms with Crippen molar-refractivity contribution in [1.29, 1.82) is 0 Å². The highest BCUT2D eigenvalue weighted by atomic mass is 32.2. The summed E-state index contributed by atoms with van der Waals surface area (Å²) in [6, 6.07) is 13.1. The van der Waals surface area contributed by atoms with Gasteiger partial charge in [0.25, 0.3) is 0 Å². The summed E-state index contributed by atoms with van der Waals surface area (Å²) in [4.78, 5) is 4.09. The first-order valence-electron chi connectivity index (χ1n) is 7.50. The Kier molecular flexibility index (Phi) is 4.46. The van der Waals surface area contributed by atoms with Crippen LogP contribution in [0.3, 0.4) is 0 Å². The van der Waals surface area contributed by atoms with Crippen LogP contribution in [-0.4, -0.2) is 41.9 Å². The van der Waals surface area contributed by atoms with Gasteiger partial charge in [-0.05, 0) is 38.3 Å². The zero-order valence-electron chi connectivity index (χ0n) is 11.7. The van der Waals surface area contributed by atoms with Gasteiger partial charge in [0.05, 0.1) is 0 Å². The SMILES string of the molecule is CC1CC(NCCSc2ccccc2)CN1C1CC1. The van der Waals surface area contributed by atoms with Gasteiger partial charge in [-0.25, -0.2) is 0 Å². The van der Waals surface area contributed by atoms with Crippen molar-refractivity contribution in [2.75, 3.05) is 18.8 Å². The molecular formula is C16H24N2S. The minimum atomic E-state index is 0.715. The molecule has 1 aromatic carbocycles. The van der Waals surface area contributed by atoms with Crippen LogP contribution < -0.4 is 5.32 Å². The lowest BCUT2D eigenvalue weighted by atomic mass is 10.2. The van der Waals surface area contributed by atoms with Gasteiger partial charge in [-0.15, -0.1) is 11.8 Å². The summed E-state index contributed by atoms with van der Waals surface area (Å²) in [6.07, 6.45) is 4.19. The van der Waals surface area contributed by atoms with Crippen LogP contribution in [0.15, 0.2) is 35.2 Å². The van der Waals surface area contributed by atoms with Crippen molar-refractivity contribution in [3.63, 3.8) is 0 Å². The second-order valence-corrected chi connectivity index (χ2v) is 6.99. The molecule has 0 spiro atoms. The van der Waals surface area contributed by atoms with Gasteiger partial charge in [-0.1, -0.05) is 18.2 Å². The number of nitrogens with zero attached hydrogens (tertiary/aromatic N) is 1. The van der Waals surface area contributed by atoms with E-state index in [9.17, 15) is 0 Å². The van der Waals surface area contributed by atoms with Crippen LogP contribution in [-0.2, 0) is 0 Å². The molecule has 3 heteroatoms. The van der Waals surface area contributed by atoms with E-state index in [0.29, 0.717) is 6.04 Å². The van der Waals surface area contributed by atoms with Crippen LogP contribution in [0.5, 0.6) is 0 Å². The van der Waals surface area contributed by atoms with Crippen LogP contribution in [0.1, 0.15) is 26.2 Å². The number of hydrogen-bond acceptors (Lipinski definition) is 3. The minimum absolute atomic E-state index is 0.715. The van der Waals surface area contributed by atoms with E-state index >= 15 is 0 Å². The molecule has 2 nitrogen and oxygen atoms in total. The van der Waals surface area contributed by atoms with Crippen molar-refractivity contribution in [2.45, 2.75) is 49.2 Å². The lowest BCUT2D eigenvalue weighted by Crippen LogP contribution is -2.35. The third-order valence-electron chi connectivity index (χ3n) is 4.19. The Morgan fingerprint density at radius 2 is 2.05 bits per heavy atom. The average Bonchev–Trinajstić information content (AvgIpc) is 3.20. The fourth-order valence-corrected chi connectivity index (χ4v) is 3.87. The van der Waals surface area contributed by atoms with Gasteiger partial charge in [0.15, 0.2) is 0 Å². The molecule has 1 saturated carbocycles. The van der Waals surface area contributed by atoms with Crippen molar-refractivity contribution in [2.24, 2.45) is 0 Å². The van der Waals surface area contributed by atoms with Crippen molar-refractivity contribution >= 4 is 11.8 Å². The van der Waals surface area contributed by atoms with E-state index in [1.807, 2.05) is 11.8 Å². The van der Waals surface area contributed by atoms with Gasteiger partial charge in [0.1, 0.15) is 0 Å². The molecule has 2 fully saturated rings. The molecule has 0 radical (unpaired) electrons. The monoisotopic (exact) mass is 276 g/mol. The summed E-state index contributed by atoms with van der Waals surface area (Å²) in [7, 11) is 0. The van der Waals surface area contributed by atoms with Gasteiger partial charge in [-0.3, -0.25) is 4.90 Å². The van der Waals surface area contributed by atoms with Crippen LogP contribution in [0.25, 0.3) is 0 Å². The summed E-state index contributed by atoms with van der Waals surface area (Å²) >= 11 is 1.95. The maximum absolute atomic E-state index is 3.73. The lowest BCUT2D eigenvalue weighted by molar-refractivity contribution is 0.255. The van der Waals surface area contributed by atoms with Gasteiger partial charge < -0.3 is 5.32 Å². The number of thioether (sulfide) groups is 1. The van der Waals surface area contributed by atoms with E-state index in [0.717, 1.165) is 18.6 Å². The van der Waals surface area contributed by atoms with Crippen LogP contribution in [0.2, 0.25) is 0 Å². The summed E-state index contributed by atoms with van der Waals surface area (Å²) < 4.78 is 0. The summed E-state index contributed by atoms with van der Waals surface area (Å²) in [5, 5.41) is 3.73. The normalized spacial score (nSPS) is 27.8. The van der Waals surface area contributed by atoms with Gasteiger partial charge >= 0.3 is 0 Å². The predicted molar refractivity (Wildman–Crippen MR) is 82.8 cm³/mol. The largest absolute Gasteiger partial charge is 0.312 e. The van der Waals surface area contributed by atoms with Crippen LogP contribution >= 0.6 is 11.8 Å². The van der Waals surface area contributed by atoms with Crippen molar-refractivity contribution in [3.8, 4) is 0 Å². The summed E-state index contributed by atoms with van der Waals surface area (Å²) in [5.74, 6) is 1.17. The highest BCUT2D eigenvalue weighted by Crippen LogP contribution is 2.33. The molecule has 19 heavy (non-hydrogen) atoms. The molecule has 1 aromatic rings. The van der Waals surface area contributed by atoms with Crippen LogP contribution in [0.4, 0.5) is 0 Å². The molecule has 0 bridgehead atoms. The number of likely N-dealkylation sites (tertiary alicyclic amines) is 1. The molecule has 1 heterocycles. The molecule has 1 aliphatic heterocycles. The van der Waals surface area contributed by atoms with Crippen LogP contribution in [0, 0.1) is 0 Å². The molecular weight excluding hydrogens is 252 g/mol. The Labute approximate surface area is 121 Å². The zero-order valence-corrected chi connectivity index (χ0v) is 12.5. The molecule has 104 valence electrons. The molecule has 0 aromatic heterocycles. The molecule has 1 saturated heterocycles. The smallest absolute Gasteiger partial charge is 0.0210 e. The quantitative estimate of drug-likeness (QED) is 0.635. The van der Waals surface area contributed by atoms with E-state index in [1.165, 1.54) is 36.5 Å². The average molecular weight is 276 g/mol. The number of rotatable bonds is 6. The summed E-state index contributed by atoms with van der Waals surface area (Å²) in [5.41, 5.74) is 0. The molecule has 2 aliphatic rings. The standard InChI is InChI=1S/C16H24N2S/c1-13-11-14(12-18(13)15-7-8-15)17-9-10-19-16-5-3-2-4-6-16/h2-6,13-15,17H,7-12H2,1H3. The topological polar surface area (TPSA) is 15.3 Å². The highest BCUT2D eigenvalue weighted by Gasteiger charge is 2.38. The van der Waals surface area contributed by atoms with Crippen molar-refractivity contribution < 1.29 is 0 Å². The molecule has 1 N–H and O–H groups in total. The maximum atomic E-state index is 3.73. The first-order valence-corrected chi connectivity index (χ1v) is 8.48. The fourth-order valence-electron chi connectivity index (χ4n) is 3.07. The van der Waals surface area contributed by atoms with Gasteiger partial charge in [-0.2, -0.15) is 0 Å². The maximum Gasteiger partial charge on any atom is 0.0210 e. The van der Waals surface area contributed by atoms with E-state index < -0.39 is 0 Å². The van der Waals surface area contributed by atoms with Gasteiger partial charge in [0, 0.05) is 41.9 Å². The molecule has 2 unspecified atom stereocenters. The number of hydrogen-bond donors (Lipinski definition) is 1. The van der Waals surface area contributed by atoms with E-state index in [1.54, 1.807) is 0 Å². The minimum Gasteiger partial charge on any atom is -0.312 e. The predicted octanol–water partition coefficient (Wildman–Crippen LogP) is 2.99. The Bertz CT molecular complexity index is 391. The first-order chi connectivity index (χ1) is 9.33. The fraction of sp³-hybridized carbons (Fsp3) is 0.625. The second kappa shape index (κ2) is 6.29. The molecule has 2 atom stereocenters. The highest BCUT2D eigenvalue weighted by molar-refractivity contribution is 7.99. The van der Waals surface area contributed by atoms with E-state index in [2.05, 4.69) is 47.5 Å². The molecule has 1 aliphatic carbocycles. The Hall–Kier alpha value is -0.510. The Balaban J connectivity index is 1.34. The third kappa shape index (κ3) is 3.74. The first kappa shape index (κ1) is 13.5. The number of benzene rings is 1. The Morgan fingerprint density at radius 1 is 1.26 bits per heavy atom. The van der Waals surface area contributed by atoms with Gasteiger partial charge in [0.2, 0.25) is 0 Å². The van der Waals surface area contributed by atoms with Crippen molar-refractivity contribution in [1.82, 2.24) is 10.2 Å². The molecule has 0 amide bonds. The zero-order chi connectivity index (χ0) is 13.1. The van der Waals surface area contributed by atoms with E-state index in [4.69, 9.17) is 0 Å². The number of nitrogens with one attached hydrogen (secondary N) is 1. The summed E-state index contributed by atoms with van der Waals surface area (Å²) in [6.45, 7) is 4.77. The van der Waals surface area contributed by atoms with Crippen molar-refractivity contribution in [3.05, 3.63) is 30.3 Å². The lowest BCUT2D eigenvalue weighted by Gasteiger charge is -2.19. The third-order valence-corrected chi connectivity index (χ3v) is 5.20.